The minimum atomic E-state index is 0.639. The summed E-state index contributed by atoms with van der Waals surface area (Å²) in [6.07, 6.45) is 1.19. The maximum atomic E-state index is 5.37. The number of nitrogens with zero attached hydrogens (tertiary/aromatic N) is 2. The summed E-state index contributed by atoms with van der Waals surface area (Å²) in [5, 5.41) is 3.45. The third-order valence-corrected chi connectivity index (χ3v) is 2.91. The molecule has 1 N–H and O–H groups in total. The van der Waals surface area contributed by atoms with E-state index in [-0.39, 0.29) is 0 Å². The smallest absolute Gasteiger partial charge is 0.0622 e. The number of likely N-dealkylation sites (N-methyl/N-ethyl adjacent to an activating group) is 2. The molecule has 0 aromatic heterocycles. The van der Waals surface area contributed by atoms with Gasteiger partial charge in [0.25, 0.3) is 0 Å². The van der Waals surface area contributed by atoms with Gasteiger partial charge in [-0.2, -0.15) is 0 Å². The summed E-state index contributed by atoms with van der Waals surface area (Å²) >= 11 is 0. The highest BCUT2D eigenvalue weighted by molar-refractivity contribution is 4.73. The van der Waals surface area contributed by atoms with Gasteiger partial charge >= 0.3 is 0 Å². The highest BCUT2D eigenvalue weighted by atomic mass is 16.5. The van der Waals surface area contributed by atoms with E-state index < -0.39 is 0 Å². The van der Waals surface area contributed by atoms with Crippen LogP contribution in [0.4, 0.5) is 0 Å². The van der Waals surface area contributed by atoms with Gasteiger partial charge in [-0.05, 0) is 27.6 Å². The van der Waals surface area contributed by atoms with Crippen LogP contribution in [-0.4, -0.2) is 76.4 Å². The summed E-state index contributed by atoms with van der Waals surface area (Å²) in [6, 6.07) is 0.639. The second-order valence-corrected chi connectivity index (χ2v) is 4.55. The van der Waals surface area contributed by atoms with Gasteiger partial charge in [0.1, 0.15) is 0 Å². The molecule has 90 valence electrons. The molecule has 1 rings (SSSR count). The number of hydrogen-bond donors (Lipinski definition) is 1. The first-order chi connectivity index (χ1) is 7.20. The molecule has 0 spiro atoms. The van der Waals surface area contributed by atoms with Crippen LogP contribution in [0, 0.1) is 0 Å². The lowest BCUT2D eigenvalue weighted by Gasteiger charge is -2.23. The molecule has 1 heterocycles. The van der Waals surface area contributed by atoms with Crippen molar-refractivity contribution in [1.29, 1.82) is 0 Å². The number of hydrogen-bond acceptors (Lipinski definition) is 4. The Morgan fingerprint density at radius 2 is 1.93 bits per heavy atom. The van der Waals surface area contributed by atoms with E-state index in [1.807, 2.05) is 0 Å². The first-order valence-corrected chi connectivity index (χ1v) is 5.83. The van der Waals surface area contributed by atoms with E-state index >= 15 is 0 Å². The molecule has 1 aliphatic heterocycles. The summed E-state index contributed by atoms with van der Waals surface area (Å²) in [5.74, 6) is 0. The fourth-order valence-electron chi connectivity index (χ4n) is 1.74. The molecule has 0 aliphatic carbocycles. The van der Waals surface area contributed by atoms with Crippen LogP contribution in [0.25, 0.3) is 0 Å². The topological polar surface area (TPSA) is 27.7 Å². The van der Waals surface area contributed by atoms with E-state index in [9.17, 15) is 0 Å². The van der Waals surface area contributed by atoms with E-state index in [1.54, 1.807) is 0 Å². The number of nitrogens with one attached hydrogen (secondary N) is 1. The zero-order valence-electron chi connectivity index (χ0n) is 10.3. The molecule has 4 nitrogen and oxygen atoms in total. The standard InChI is InChI=1S/C11H25N3O/c1-13(2)7-5-12-6-8-14(3)11-4-9-15-10-11/h11-12H,4-10H2,1-3H3. The summed E-state index contributed by atoms with van der Waals surface area (Å²) in [4.78, 5) is 4.59. The average molecular weight is 215 g/mol. The van der Waals surface area contributed by atoms with Crippen molar-refractivity contribution in [2.24, 2.45) is 0 Å². The maximum absolute atomic E-state index is 5.37. The lowest BCUT2D eigenvalue weighted by Crippen LogP contribution is -2.38. The lowest BCUT2D eigenvalue weighted by atomic mass is 10.2. The van der Waals surface area contributed by atoms with E-state index in [1.165, 1.54) is 6.42 Å². The summed E-state index contributed by atoms with van der Waals surface area (Å²) in [6.45, 7) is 6.21. The molecule has 0 aromatic carbocycles. The molecule has 1 aliphatic rings. The Morgan fingerprint density at radius 3 is 2.53 bits per heavy atom. The van der Waals surface area contributed by atoms with Crippen molar-refractivity contribution in [3.63, 3.8) is 0 Å². The van der Waals surface area contributed by atoms with Gasteiger partial charge in [-0.25, -0.2) is 0 Å². The zero-order chi connectivity index (χ0) is 11.1. The van der Waals surface area contributed by atoms with Crippen molar-refractivity contribution in [3.05, 3.63) is 0 Å². The van der Waals surface area contributed by atoms with Gasteiger partial charge in [0.15, 0.2) is 0 Å². The van der Waals surface area contributed by atoms with Gasteiger partial charge in [-0.1, -0.05) is 0 Å². The van der Waals surface area contributed by atoms with Gasteiger partial charge in [0, 0.05) is 38.8 Å². The van der Waals surface area contributed by atoms with Crippen molar-refractivity contribution in [1.82, 2.24) is 15.1 Å². The molecule has 0 bridgehead atoms. The monoisotopic (exact) mass is 215 g/mol. The highest BCUT2D eigenvalue weighted by Crippen LogP contribution is 2.09. The molecule has 1 fully saturated rings. The Labute approximate surface area is 93.6 Å². The molecule has 4 heteroatoms. The van der Waals surface area contributed by atoms with Gasteiger partial charge < -0.3 is 15.0 Å². The Morgan fingerprint density at radius 1 is 1.20 bits per heavy atom. The van der Waals surface area contributed by atoms with Crippen LogP contribution in [0.2, 0.25) is 0 Å². The largest absolute Gasteiger partial charge is 0.380 e. The van der Waals surface area contributed by atoms with Gasteiger partial charge in [-0.15, -0.1) is 0 Å². The molecule has 15 heavy (non-hydrogen) atoms. The van der Waals surface area contributed by atoms with Crippen LogP contribution in [0.5, 0.6) is 0 Å². The molecule has 0 amide bonds. The van der Waals surface area contributed by atoms with Crippen LogP contribution in [0.1, 0.15) is 6.42 Å². The van der Waals surface area contributed by atoms with Crippen molar-refractivity contribution < 1.29 is 4.74 Å². The molecule has 1 saturated heterocycles. The fourth-order valence-corrected chi connectivity index (χ4v) is 1.74. The van der Waals surface area contributed by atoms with Crippen LogP contribution in [0.15, 0.2) is 0 Å². The predicted molar refractivity (Wildman–Crippen MR) is 63.3 cm³/mol. The third kappa shape index (κ3) is 5.47. The average Bonchev–Trinajstić information content (AvgIpc) is 2.69. The Bertz CT molecular complexity index is 158. The van der Waals surface area contributed by atoms with E-state index in [2.05, 4.69) is 36.3 Å². The van der Waals surface area contributed by atoms with Crippen molar-refractivity contribution in [2.45, 2.75) is 12.5 Å². The first-order valence-electron chi connectivity index (χ1n) is 5.83. The maximum Gasteiger partial charge on any atom is 0.0622 e. The summed E-state index contributed by atoms with van der Waals surface area (Å²) < 4.78 is 5.37. The molecule has 0 aromatic rings. The minimum absolute atomic E-state index is 0.639. The van der Waals surface area contributed by atoms with E-state index in [0.29, 0.717) is 6.04 Å². The van der Waals surface area contributed by atoms with Gasteiger partial charge in [0.2, 0.25) is 0 Å². The Hall–Kier alpha value is -0.160. The molecular formula is C11H25N3O. The second-order valence-electron chi connectivity index (χ2n) is 4.55. The van der Waals surface area contributed by atoms with Crippen molar-refractivity contribution in [3.8, 4) is 0 Å². The molecule has 1 unspecified atom stereocenters. The highest BCUT2D eigenvalue weighted by Gasteiger charge is 2.19. The van der Waals surface area contributed by atoms with Crippen LogP contribution < -0.4 is 5.32 Å². The van der Waals surface area contributed by atoms with Crippen molar-refractivity contribution >= 4 is 0 Å². The second kappa shape index (κ2) is 7.17. The molecule has 0 saturated carbocycles. The fraction of sp³-hybridized carbons (Fsp3) is 1.00. The van der Waals surface area contributed by atoms with E-state index in [4.69, 9.17) is 4.74 Å². The molecular weight excluding hydrogens is 190 g/mol. The summed E-state index contributed by atoms with van der Waals surface area (Å²) in [5.41, 5.74) is 0. The zero-order valence-corrected chi connectivity index (χ0v) is 10.3. The third-order valence-electron chi connectivity index (χ3n) is 2.91. The predicted octanol–water partition coefficient (Wildman–Crippen LogP) is -0.142. The van der Waals surface area contributed by atoms with Gasteiger partial charge in [0.05, 0.1) is 6.61 Å². The lowest BCUT2D eigenvalue weighted by molar-refractivity contribution is 0.159. The first kappa shape index (κ1) is 12.9. The Kier molecular flexibility index (Phi) is 6.17. The van der Waals surface area contributed by atoms with E-state index in [0.717, 1.165) is 39.4 Å². The SMILES string of the molecule is CN(C)CCNCCN(C)C1CCOC1. The number of ether oxygens (including phenoxy) is 1. The number of rotatable bonds is 7. The van der Waals surface area contributed by atoms with Crippen molar-refractivity contribution in [2.75, 3.05) is 60.5 Å². The molecule has 1 atom stereocenters. The summed E-state index contributed by atoms with van der Waals surface area (Å²) in [7, 11) is 6.39. The van der Waals surface area contributed by atoms with Crippen LogP contribution in [-0.2, 0) is 4.74 Å². The Balaban J connectivity index is 1.94. The van der Waals surface area contributed by atoms with Crippen LogP contribution >= 0.6 is 0 Å². The minimum Gasteiger partial charge on any atom is -0.380 e. The normalized spacial score (nSPS) is 21.8. The quantitative estimate of drug-likeness (QED) is 0.598. The van der Waals surface area contributed by atoms with Crippen LogP contribution in [0.3, 0.4) is 0 Å². The van der Waals surface area contributed by atoms with Gasteiger partial charge in [-0.3, -0.25) is 4.90 Å². The molecule has 0 radical (unpaired) electrons.